The van der Waals surface area contributed by atoms with Gasteiger partial charge in [0.2, 0.25) is 11.8 Å². The molecule has 1 heterocycles. The quantitative estimate of drug-likeness (QED) is 0.762. The molecular formula is C16H18N2O5. The molecule has 0 radical (unpaired) electrons. The van der Waals surface area contributed by atoms with Crippen LogP contribution >= 0.6 is 0 Å². The largest absolute Gasteiger partial charge is 0.497 e. The van der Waals surface area contributed by atoms with Crippen molar-refractivity contribution < 1.29 is 23.5 Å². The van der Waals surface area contributed by atoms with Crippen molar-refractivity contribution in [3.05, 3.63) is 42.4 Å². The lowest BCUT2D eigenvalue weighted by molar-refractivity contribution is -0.127. The Kier molecular flexibility index (Phi) is 5.62. The monoisotopic (exact) mass is 318 g/mol. The number of benzene rings is 1. The van der Waals surface area contributed by atoms with E-state index >= 15 is 0 Å². The van der Waals surface area contributed by atoms with Crippen LogP contribution in [-0.2, 0) is 16.1 Å². The van der Waals surface area contributed by atoms with Crippen LogP contribution in [0.2, 0.25) is 0 Å². The van der Waals surface area contributed by atoms with Crippen molar-refractivity contribution in [2.75, 3.05) is 19.5 Å². The smallest absolute Gasteiger partial charge is 0.233 e. The molecule has 2 amide bonds. The number of amides is 2. The summed E-state index contributed by atoms with van der Waals surface area (Å²) in [6.45, 7) is 0.238. The molecule has 0 saturated heterocycles. The second kappa shape index (κ2) is 7.88. The zero-order chi connectivity index (χ0) is 16.7. The molecule has 0 saturated carbocycles. The first kappa shape index (κ1) is 16.4. The lowest BCUT2D eigenvalue weighted by Gasteiger charge is -2.11. The number of furan rings is 1. The van der Waals surface area contributed by atoms with Gasteiger partial charge in [-0.3, -0.25) is 9.59 Å². The van der Waals surface area contributed by atoms with Crippen LogP contribution in [0, 0.1) is 0 Å². The highest BCUT2D eigenvalue weighted by molar-refractivity contribution is 6.04. The van der Waals surface area contributed by atoms with E-state index in [9.17, 15) is 9.59 Å². The number of carbonyl (C=O) groups is 2. The summed E-state index contributed by atoms with van der Waals surface area (Å²) in [6, 6.07) is 8.47. The van der Waals surface area contributed by atoms with Gasteiger partial charge in [0, 0.05) is 6.07 Å². The van der Waals surface area contributed by atoms with Gasteiger partial charge in [-0.05, 0) is 24.3 Å². The van der Waals surface area contributed by atoms with Crippen LogP contribution in [0.15, 0.2) is 41.0 Å². The second-order valence-corrected chi connectivity index (χ2v) is 4.65. The normalized spacial score (nSPS) is 10.0. The third-order valence-corrected chi connectivity index (χ3v) is 3.04. The molecule has 0 bridgehead atoms. The van der Waals surface area contributed by atoms with Crippen molar-refractivity contribution in [1.82, 2.24) is 5.32 Å². The maximum absolute atomic E-state index is 12.0. The molecule has 0 spiro atoms. The van der Waals surface area contributed by atoms with E-state index in [0.29, 0.717) is 22.9 Å². The minimum absolute atomic E-state index is 0.238. The summed E-state index contributed by atoms with van der Waals surface area (Å²) in [7, 11) is 3.02. The fraction of sp³-hybridized carbons (Fsp3) is 0.250. The highest BCUT2D eigenvalue weighted by Gasteiger charge is 2.13. The van der Waals surface area contributed by atoms with Gasteiger partial charge in [0.1, 0.15) is 23.7 Å². The minimum atomic E-state index is -0.450. The Hall–Kier alpha value is -2.96. The summed E-state index contributed by atoms with van der Waals surface area (Å²) in [5.74, 6) is 0.820. The maximum atomic E-state index is 12.0. The first-order valence-electron chi connectivity index (χ1n) is 6.93. The molecule has 0 fully saturated rings. The van der Waals surface area contributed by atoms with E-state index in [4.69, 9.17) is 13.9 Å². The summed E-state index contributed by atoms with van der Waals surface area (Å²) >= 11 is 0. The molecule has 122 valence electrons. The van der Waals surface area contributed by atoms with Gasteiger partial charge in [-0.25, -0.2) is 0 Å². The van der Waals surface area contributed by atoms with Crippen molar-refractivity contribution in [1.29, 1.82) is 0 Å². The third-order valence-electron chi connectivity index (χ3n) is 3.04. The van der Waals surface area contributed by atoms with E-state index in [-0.39, 0.29) is 13.0 Å². The molecule has 23 heavy (non-hydrogen) atoms. The van der Waals surface area contributed by atoms with Crippen LogP contribution in [0.25, 0.3) is 0 Å². The first-order chi connectivity index (χ1) is 11.1. The lowest BCUT2D eigenvalue weighted by atomic mass is 10.2. The summed E-state index contributed by atoms with van der Waals surface area (Å²) in [6.07, 6.45) is 1.21. The van der Waals surface area contributed by atoms with Crippen LogP contribution in [0.1, 0.15) is 12.2 Å². The summed E-state index contributed by atoms with van der Waals surface area (Å²) < 4.78 is 15.4. The van der Waals surface area contributed by atoms with Crippen molar-refractivity contribution in [3.8, 4) is 11.5 Å². The van der Waals surface area contributed by atoms with Crippen LogP contribution < -0.4 is 20.1 Å². The molecule has 7 nitrogen and oxygen atoms in total. The van der Waals surface area contributed by atoms with E-state index < -0.39 is 11.8 Å². The van der Waals surface area contributed by atoms with Gasteiger partial charge in [-0.15, -0.1) is 0 Å². The number of methoxy groups -OCH3 is 2. The van der Waals surface area contributed by atoms with Crippen molar-refractivity contribution in [2.24, 2.45) is 0 Å². The molecule has 2 aromatic rings. The Morgan fingerprint density at radius 1 is 1.13 bits per heavy atom. The second-order valence-electron chi connectivity index (χ2n) is 4.65. The Bertz CT molecular complexity index is 667. The average Bonchev–Trinajstić information content (AvgIpc) is 3.06. The van der Waals surface area contributed by atoms with Gasteiger partial charge < -0.3 is 24.5 Å². The number of hydrogen-bond acceptors (Lipinski definition) is 5. The molecule has 0 aliphatic carbocycles. The summed E-state index contributed by atoms with van der Waals surface area (Å²) in [5, 5.41) is 5.24. The molecular weight excluding hydrogens is 300 g/mol. The van der Waals surface area contributed by atoms with Crippen LogP contribution in [-0.4, -0.2) is 26.0 Å². The zero-order valence-electron chi connectivity index (χ0n) is 12.9. The number of carbonyl (C=O) groups excluding carboxylic acids is 2. The SMILES string of the molecule is COc1ccc(OC)c(NC(=O)CC(=O)NCc2ccco2)c1. The highest BCUT2D eigenvalue weighted by Crippen LogP contribution is 2.28. The molecule has 7 heteroatoms. The third kappa shape index (κ3) is 4.77. The van der Waals surface area contributed by atoms with Gasteiger partial charge in [0.05, 0.1) is 32.7 Å². The number of ether oxygens (including phenoxy) is 2. The van der Waals surface area contributed by atoms with Gasteiger partial charge in [-0.1, -0.05) is 0 Å². The molecule has 0 atom stereocenters. The molecule has 2 rings (SSSR count). The topological polar surface area (TPSA) is 89.8 Å². The highest BCUT2D eigenvalue weighted by atomic mass is 16.5. The summed E-state index contributed by atoms with van der Waals surface area (Å²) in [4.78, 5) is 23.7. The fourth-order valence-corrected chi connectivity index (χ4v) is 1.91. The Labute approximate surface area is 133 Å². The Morgan fingerprint density at radius 3 is 2.61 bits per heavy atom. The number of hydrogen-bond donors (Lipinski definition) is 2. The van der Waals surface area contributed by atoms with E-state index in [1.165, 1.54) is 20.5 Å². The number of nitrogens with one attached hydrogen (secondary N) is 2. The average molecular weight is 318 g/mol. The molecule has 1 aromatic heterocycles. The minimum Gasteiger partial charge on any atom is -0.497 e. The summed E-state index contributed by atoms with van der Waals surface area (Å²) in [5.41, 5.74) is 0.440. The Morgan fingerprint density at radius 2 is 1.96 bits per heavy atom. The first-order valence-corrected chi connectivity index (χ1v) is 6.93. The van der Waals surface area contributed by atoms with Crippen LogP contribution in [0.4, 0.5) is 5.69 Å². The maximum Gasteiger partial charge on any atom is 0.233 e. The lowest BCUT2D eigenvalue weighted by Crippen LogP contribution is -2.27. The Balaban J connectivity index is 1.89. The number of anilines is 1. The fourth-order valence-electron chi connectivity index (χ4n) is 1.91. The molecule has 0 unspecified atom stereocenters. The van der Waals surface area contributed by atoms with Gasteiger partial charge >= 0.3 is 0 Å². The van der Waals surface area contributed by atoms with Gasteiger partial charge in [-0.2, -0.15) is 0 Å². The predicted molar refractivity (Wildman–Crippen MR) is 83.3 cm³/mol. The van der Waals surface area contributed by atoms with Crippen LogP contribution in [0.3, 0.4) is 0 Å². The van der Waals surface area contributed by atoms with Crippen molar-refractivity contribution in [3.63, 3.8) is 0 Å². The standard InChI is InChI=1S/C16H18N2O5/c1-21-11-5-6-14(22-2)13(8-11)18-16(20)9-15(19)17-10-12-4-3-7-23-12/h3-8H,9-10H2,1-2H3,(H,17,19)(H,18,20). The zero-order valence-corrected chi connectivity index (χ0v) is 12.9. The molecule has 2 N–H and O–H groups in total. The van der Waals surface area contributed by atoms with E-state index in [1.807, 2.05) is 0 Å². The van der Waals surface area contributed by atoms with Crippen molar-refractivity contribution in [2.45, 2.75) is 13.0 Å². The van der Waals surface area contributed by atoms with Gasteiger partial charge in [0.25, 0.3) is 0 Å². The van der Waals surface area contributed by atoms with Crippen molar-refractivity contribution >= 4 is 17.5 Å². The van der Waals surface area contributed by atoms with E-state index in [0.717, 1.165) is 0 Å². The van der Waals surface area contributed by atoms with E-state index in [1.54, 1.807) is 30.3 Å². The van der Waals surface area contributed by atoms with Crippen LogP contribution in [0.5, 0.6) is 11.5 Å². The number of rotatable bonds is 7. The molecule has 1 aromatic carbocycles. The molecule has 0 aliphatic rings. The van der Waals surface area contributed by atoms with Gasteiger partial charge in [0.15, 0.2) is 0 Å². The molecule has 0 aliphatic heterocycles. The van der Waals surface area contributed by atoms with E-state index in [2.05, 4.69) is 10.6 Å². The predicted octanol–water partition coefficient (Wildman–Crippen LogP) is 1.94.